The van der Waals surface area contributed by atoms with E-state index >= 15 is 0 Å². The average Bonchev–Trinajstić information content (AvgIpc) is 2.99. The summed E-state index contributed by atoms with van der Waals surface area (Å²) >= 11 is 0. The molecule has 1 spiro atoms. The summed E-state index contributed by atoms with van der Waals surface area (Å²) in [6, 6.07) is 7.09. The molecule has 2 fully saturated rings. The lowest BCUT2D eigenvalue weighted by molar-refractivity contribution is -0.133. The zero-order chi connectivity index (χ0) is 28.6. The molecule has 2 unspecified atom stereocenters. The Morgan fingerprint density at radius 3 is 2.23 bits per heavy atom. The van der Waals surface area contributed by atoms with Crippen molar-refractivity contribution in [3.63, 3.8) is 0 Å². The Labute approximate surface area is 236 Å². The van der Waals surface area contributed by atoms with E-state index in [0.29, 0.717) is 23.1 Å². The van der Waals surface area contributed by atoms with Gasteiger partial charge in [-0.1, -0.05) is 60.6 Å². The van der Waals surface area contributed by atoms with Gasteiger partial charge in [0, 0.05) is 13.1 Å². The van der Waals surface area contributed by atoms with Crippen molar-refractivity contribution < 1.29 is 14.7 Å². The topological polar surface area (TPSA) is 73.2 Å². The number of piperidine rings is 1. The van der Waals surface area contributed by atoms with Gasteiger partial charge in [-0.3, -0.25) is 4.79 Å². The third-order valence-corrected chi connectivity index (χ3v) is 9.71. The number of aliphatic imine (C=N–C) groups is 1. The van der Waals surface area contributed by atoms with Crippen LogP contribution in [0.25, 0.3) is 0 Å². The van der Waals surface area contributed by atoms with Crippen LogP contribution in [-0.4, -0.2) is 51.4 Å². The lowest BCUT2D eigenvalue weighted by Gasteiger charge is -2.42. The summed E-state index contributed by atoms with van der Waals surface area (Å²) in [7, 11) is 0. The highest BCUT2D eigenvalue weighted by Gasteiger charge is 2.52. The third kappa shape index (κ3) is 6.52. The number of carboxylic acids is 1. The van der Waals surface area contributed by atoms with Gasteiger partial charge in [0.25, 0.3) is 5.91 Å². The Balaban J connectivity index is 1.75. The van der Waals surface area contributed by atoms with Crippen molar-refractivity contribution in [2.75, 3.05) is 13.1 Å². The highest BCUT2D eigenvalue weighted by molar-refractivity contribution is 6.39. The van der Waals surface area contributed by atoms with Crippen molar-refractivity contribution in [2.24, 2.45) is 27.7 Å². The van der Waals surface area contributed by atoms with Crippen LogP contribution < -0.4 is 0 Å². The Morgan fingerprint density at radius 1 is 1.03 bits per heavy atom. The maximum absolute atomic E-state index is 14.5. The smallest absolute Gasteiger partial charge is 0.335 e. The van der Waals surface area contributed by atoms with Crippen LogP contribution in [0.5, 0.6) is 0 Å². The maximum Gasteiger partial charge on any atom is 0.335 e. The van der Waals surface area contributed by atoms with Gasteiger partial charge in [0.15, 0.2) is 5.84 Å². The number of carboxylic acid groups (broad SMARTS) is 1. The van der Waals surface area contributed by atoms with Gasteiger partial charge in [-0.15, -0.1) is 0 Å². The van der Waals surface area contributed by atoms with Gasteiger partial charge in [0.05, 0.1) is 11.6 Å². The van der Waals surface area contributed by atoms with Crippen LogP contribution >= 0.6 is 0 Å². The zero-order valence-electron chi connectivity index (χ0n) is 25.4. The molecule has 0 aromatic heterocycles. The Hall–Kier alpha value is -2.37. The summed E-state index contributed by atoms with van der Waals surface area (Å²) in [6.07, 6.45) is 9.02. The number of amidine groups is 1. The lowest BCUT2D eigenvalue weighted by Crippen LogP contribution is -2.51. The number of hydrogen-bond acceptors (Lipinski definition) is 4. The number of nitrogens with zero attached hydrogens (tertiary/aromatic N) is 3. The molecule has 1 aromatic rings. The van der Waals surface area contributed by atoms with Crippen LogP contribution in [0.3, 0.4) is 0 Å². The third-order valence-electron chi connectivity index (χ3n) is 9.71. The summed E-state index contributed by atoms with van der Waals surface area (Å²) in [5.41, 5.74) is 1.28. The number of hydrogen-bond donors (Lipinski definition) is 1. The first-order valence-corrected chi connectivity index (χ1v) is 15.2. The highest BCUT2D eigenvalue weighted by atomic mass is 16.4. The van der Waals surface area contributed by atoms with E-state index in [9.17, 15) is 14.7 Å². The van der Waals surface area contributed by atoms with E-state index in [1.54, 1.807) is 12.1 Å². The molecule has 1 amide bonds. The molecule has 4 rings (SSSR count). The summed E-state index contributed by atoms with van der Waals surface area (Å²) in [5, 5.41) is 9.49. The van der Waals surface area contributed by atoms with Crippen molar-refractivity contribution >= 4 is 17.7 Å². The van der Waals surface area contributed by atoms with Crippen LogP contribution in [0.1, 0.15) is 128 Å². The minimum Gasteiger partial charge on any atom is -0.478 e. The Kier molecular flexibility index (Phi) is 8.54. The van der Waals surface area contributed by atoms with Crippen molar-refractivity contribution in [3.05, 3.63) is 35.4 Å². The quantitative estimate of drug-likeness (QED) is 0.407. The van der Waals surface area contributed by atoms with Gasteiger partial charge in [-0.05, 0) is 98.1 Å². The number of benzene rings is 1. The van der Waals surface area contributed by atoms with E-state index in [2.05, 4.69) is 58.3 Å². The fourth-order valence-corrected chi connectivity index (χ4v) is 6.87. The van der Waals surface area contributed by atoms with Crippen LogP contribution in [0.4, 0.5) is 0 Å². The molecule has 39 heavy (non-hydrogen) atoms. The second-order valence-electron chi connectivity index (χ2n) is 14.7. The zero-order valence-corrected chi connectivity index (χ0v) is 25.4. The monoisotopic (exact) mass is 537 g/mol. The first kappa shape index (κ1) is 29.6. The molecule has 1 saturated heterocycles. The molecule has 0 radical (unpaired) electrons. The fourth-order valence-electron chi connectivity index (χ4n) is 6.87. The van der Waals surface area contributed by atoms with E-state index in [0.717, 1.165) is 70.0 Å². The number of amides is 1. The van der Waals surface area contributed by atoms with E-state index in [1.165, 1.54) is 6.42 Å². The molecule has 2 aliphatic heterocycles. The second-order valence-corrected chi connectivity index (χ2v) is 14.7. The first-order valence-electron chi connectivity index (χ1n) is 15.2. The van der Waals surface area contributed by atoms with Crippen LogP contribution in [-0.2, 0) is 4.79 Å². The Morgan fingerprint density at radius 2 is 1.67 bits per heavy atom. The van der Waals surface area contributed by atoms with Crippen LogP contribution in [0, 0.1) is 22.7 Å². The van der Waals surface area contributed by atoms with Gasteiger partial charge in [0.1, 0.15) is 5.66 Å². The second kappa shape index (κ2) is 11.2. The van der Waals surface area contributed by atoms with E-state index in [1.807, 2.05) is 12.1 Å². The van der Waals surface area contributed by atoms with Crippen molar-refractivity contribution in [1.29, 1.82) is 0 Å². The molecule has 3 aliphatic rings. The van der Waals surface area contributed by atoms with Gasteiger partial charge >= 0.3 is 5.97 Å². The molecule has 2 heterocycles. The minimum absolute atomic E-state index is 0.0694. The summed E-state index contributed by atoms with van der Waals surface area (Å²) in [6.45, 7) is 17.8. The minimum atomic E-state index is -0.926. The lowest BCUT2D eigenvalue weighted by atomic mass is 9.76. The molecule has 1 aliphatic carbocycles. The standard InChI is InChI=1S/C33H51N3O3/c1-23(2)10-15-27(24-11-13-25(14-12-24)30(38)39)36-29(37)28(35-21-19-32(6,7)20-22-35)34-33(36)17-8-9-26(16-18-33)31(3,4)5/h11-14,23,26-27H,8-10,15-22H2,1-7H3,(H,38,39)/t26?,27-,33?/m1/s1. The molecule has 6 heteroatoms. The number of likely N-dealkylation sites (tertiary alicyclic amines) is 1. The van der Waals surface area contributed by atoms with Gasteiger partial charge < -0.3 is 14.9 Å². The van der Waals surface area contributed by atoms with Crippen molar-refractivity contribution in [3.8, 4) is 0 Å². The number of rotatable bonds is 6. The summed E-state index contributed by atoms with van der Waals surface area (Å²) < 4.78 is 0. The SMILES string of the molecule is CC(C)CC[C@H](c1ccc(C(=O)O)cc1)N1C(=O)C(N2CCC(C)(C)CC2)=NC12CCCC(C(C)(C)C)CC2. The average molecular weight is 538 g/mol. The van der Waals surface area contributed by atoms with Gasteiger partial charge in [-0.25, -0.2) is 9.79 Å². The van der Waals surface area contributed by atoms with Gasteiger partial charge in [0.2, 0.25) is 0 Å². The largest absolute Gasteiger partial charge is 0.478 e. The maximum atomic E-state index is 14.5. The molecular weight excluding hydrogens is 486 g/mol. The molecule has 1 saturated carbocycles. The fraction of sp³-hybridized carbons (Fsp3) is 0.727. The van der Waals surface area contributed by atoms with Crippen LogP contribution in [0.2, 0.25) is 0 Å². The van der Waals surface area contributed by atoms with E-state index < -0.39 is 11.6 Å². The predicted octanol–water partition coefficient (Wildman–Crippen LogP) is 7.55. The normalized spacial score (nSPS) is 26.6. The number of aromatic carboxylic acids is 1. The molecule has 3 atom stereocenters. The predicted molar refractivity (Wildman–Crippen MR) is 158 cm³/mol. The summed E-state index contributed by atoms with van der Waals surface area (Å²) in [5.74, 6) is 0.914. The molecule has 216 valence electrons. The summed E-state index contributed by atoms with van der Waals surface area (Å²) in [4.78, 5) is 35.9. The first-order chi connectivity index (χ1) is 18.2. The number of carbonyl (C=O) groups excluding carboxylic acids is 1. The van der Waals surface area contributed by atoms with E-state index in [-0.39, 0.29) is 22.9 Å². The molecule has 6 nitrogen and oxygen atoms in total. The molecular formula is C33H51N3O3. The highest BCUT2D eigenvalue weighted by Crippen LogP contribution is 2.48. The van der Waals surface area contributed by atoms with Gasteiger partial charge in [-0.2, -0.15) is 0 Å². The van der Waals surface area contributed by atoms with E-state index in [4.69, 9.17) is 4.99 Å². The molecule has 0 bridgehead atoms. The Bertz CT molecular complexity index is 1060. The van der Waals surface area contributed by atoms with Crippen molar-refractivity contribution in [1.82, 2.24) is 9.80 Å². The van der Waals surface area contributed by atoms with Crippen LogP contribution in [0.15, 0.2) is 29.3 Å². The van der Waals surface area contributed by atoms with Crippen molar-refractivity contribution in [2.45, 2.75) is 118 Å². The molecule has 1 aromatic carbocycles. The number of carbonyl (C=O) groups is 2. The molecule has 1 N–H and O–H groups in total.